The van der Waals surface area contributed by atoms with Gasteiger partial charge in [0.2, 0.25) is 0 Å². The van der Waals surface area contributed by atoms with Crippen LogP contribution in [0.25, 0.3) is 0 Å². The van der Waals surface area contributed by atoms with E-state index in [2.05, 4.69) is 24.1 Å². The van der Waals surface area contributed by atoms with E-state index in [1.807, 2.05) is 0 Å². The van der Waals surface area contributed by atoms with Gasteiger partial charge in [0.1, 0.15) is 11.6 Å². The first-order chi connectivity index (χ1) is 6.22. The Morgan fingerprint density at radius 3 is 2.85 bits per heavy atom. The van der Waals surface area contributed by atoms with Gasteiger partial charge in [0, 0.05) is 6.54 Å². The fourth-order valence-corrected chi connectivity index (χ4v) is 0.904. The lowest BCUT2D eigenvalue weighted by atomic mass is 10.1. The summed E-state index contributed by atoms with van der Waals surface area (Å²) in [6.07, 6.45) is 2.35. The topological polar surface area (TPSA) is 24.9 Å². The molecule has 1 unspecified atom stereocenters. The molecule has 1 N–H and O–H groups in total. The van der Waals surface area contributed by atoms with E-state index in [1.165, 1.54) is 12.3 Å². The average molecular weight is 182 g/mol. The molecule has 0 aliphatic carbocycles. The molecule has 0 amide bonds. The number of anilines is 1. The second kappa shape index (κ2) is 4.80. The summed E-state index contributed by atoms with van der Waals surface area (Å²) in [4.78, 5) is 3.90. The van der Waals surface area contributed by atoms with Crippen LogP contribution >= 0.6 is 0 Å². The summed E-state index contributed by atoms with van der Waals surface area (Å²) in [5, 5.41) is 3.14. The molecule has 0 spiro atoms. The van der Waals surface area contributed by atoms with E-state index in [-0.39, 0.29) is 5.82 Å². The van der Waals surface area contributed by atoms with Gasteiger partial charge in [0.25, 0.3) is 0 Å². The highest BCUT2D eigenvalue weighted by molar-refractivity contribution is 5.33. The summed E-state index contributed by atoms with van der Waals surface area (Å²) in [7, 11) is 0. The van der Waals surface area contributed by atoms with Crippen LogP contribution in [0.2, 0.25) is 0 Å². The molecular formula is C10H15FN2. The number of aromatic nitrogens is 1. The maximum Gasteiger partial charge on any atom is 0.141 e. The molecule has 0 bridgehead atoms. The Labute approximate surface area is 78.2 Å². The fourth-order valence-electron chi connectivity index (χ4n) is 0.904. The molecule has 0 fully saturated rings. The molecule has 1 rings (SSSR count). The molecule has 1 atom stereocenters. The van der Waals surface area contributed by atoms with Crippen LogP contribution in [-0.2, 0) is 0 Å². The Morgan fingerprint density at radius 1 is 1.54 bits per heavy atom. The highest BCUT2D eigenvalue weighted by Crippen LogP contribution is 2.06. The van der Waals surface area contributed by atoms with Crippen molar-refractivity contribution in [3.63, 3.8) is 0 Å². The minimum atomic E-state index is -0.297. The largest absolute Gasteiger partial charge is 0.370 e. The van der Waals surface area contributed by atoms with E-state index < -0.39 is 0 Å². The smallest absolute Gasteiger partial charge is 0.141 e. The van der Waals surface area contributed by atoms with E-state index in [9.17, 15) is 4.39 Å². The molecule has 1 aromatic heterocycles. The van der Waals surface area contributed by atoms with Crippen LogP contribution in [0, 0.1) is 11.7 Å². The van der Waals surface area contributed by atoms with Crippen LogP contribution in [0.15, 0.2) is 18.3 Å². The van der Waals surface area contributed by atoms with E-state index in [1.54, 1.807) is 6.07 Å². The molecule has 1 aromatic rings. The first-order valence-corrected chi connectivity index (χ1v) is 4.57. The lowest BCUT2D eigenvalue weighted by Gasteiger charge is -2.09. The summed E-state index contributed by atoms with van der Waals surface area (Å²) in [6.45, 7) is 5.19. The Balaban J connectivity index is 2.41. The number of nitrogens with one attached hydrogen (secondary N) is 1. The van der Waals surface area contributed by atoms with Crippen LogP contribution in [0.5, 0.6) is 0 Å². The van der Waals surface area contributed by atoms with Gasteiger partial charge in [0.15, 0.2) is 0 Å². The van der Waals surface area contributed by atoms with E-state index in [0.29, 0.717) is 5.92 Å². The summed E-state index contributed by atoms with van der Waals surface area (Å²) in [5.41, 5.74) is 0. The molecular weight excluding hydrogens is 167 g/mol. The standard InChI is InChI=1S/C10H15FN2/c1-3-8(2)6-12-10-5-4-9(11)7-13-10/h4-5,7-8H,3,6H2,1-2H3,(H,12,13). The first kappa shape index (κ1) is 9.96. The molecule has 1 heterocycles. The van der Waals surface area contributed by atoms with Crippen molar-refractivity contribution in [2.24, 2.45) is 5.92 Å². The zero-order valence-electron chi connectivity index (χ0n) is 8.05. The van der Waals surface area contributed by atoms with Crippen molar-refractivity contribution in [2.75, 3.05) is 11.9 Å². The zero-order chi connectivity index (χ0) is 9.68. The number of pyridine rings is 1. The van der Waals surface area contributed by atoms with Gasteiger partial charge in [-0.05, 0) is 18.1 Å². The molecule has 0 aliphatic heterocycles. The minimum absolute atomic E-state index is 0.297. The summed E-state index contributed by atoms with van der Waals surface area (Å²) in [5.74, 6) is 1.06. The Bertz CT molecular complexity index is 246. The van der Waals surface area contributed by atoms with E-state index in [4.69, 9.17) is 0 Å². The number of halogens is 1. The predicted molar refractivity (Wildman–Crippen MR) is 52.1 cm³/mol. The highest BCUT2D eigenvalue weighted by atomic mass is 19.1. The van der Waals surface area contributed by atoms with Gasteiger partial charge in [-0.3, -0.25) is 0 Å². The molecule has 0 aliphatic rings. The summed E-state index contributed by atoms with van der Waals surface area (Å²) < 4.78 is 12.5. The monoisotopic (exact) mass is 182 g/mol. The van der Waals surface area contributed by atoms with E-state index in [0.717, 1.165) is 18.8 Å². The molecule has 0 aromatic carbocycles. The van der Waals surface area contributed by atoms with Crippen LogP contribution < -0.4 is 5.32 Å². The molecule has 0 saturated carbocycles. The van der Waals surface area contributed by atoms with Gasteiger partial charge in [-0.15, -0.1) is 0 Å². The van der Waals surface area contributed by atoms with Crippen molar-refractivity contribution in [3.8, 4) is 0 Å². The van der Waals surface area contributed by atoms with Crippen molar-refractivity contribution in [1.29, 1.82) is 0 Å². The number of nitrogens with zero attached hydrogens (tertiary/aromatic N) is 1. The third-order valence-corrected chi connectivity index (χ3v) is 2.06. The summed E-state index contributed by atoms with van der Waals surface area (Å²) in [6, 6.07) is 3.06. The van der Waals surface area contributed by atoms with Gasteiger partial charge < -0.3 is 5.32 Å². The lowest BCUT2D eigenvalue weighted by Crippen LogP contribution is -2.11. The third kappa shape index (κ3) is 3.40. The van der Waals surface area contributed by atoms with Gasteiger partial charge >= 0.3 is 0 Å². The first-order valence-electron chi connectivity index (χ1n) is 4.57. The van der Waals surface area contributed by atoms with Gasteiger partial charge in [-0.1, -0.05) is 20.3 Å². The summed E-state index contributed by atoms with van der Waals surface area (Å²) >= 11 is 0. The van der Waals surface area contributed by atoms with Gasteiger partial charge in [0.05, 0.1) is 6.20 Å². The van der Waals surface area contributed by atoms with Crippen LogP contribution in [-0.4, -0.2) is 11.5 Å². The van der Waals surface area contributed by atoms with Crippen LogP contribution in [0.4, 0.5) is 10.2 Å². The quantitative estimate of drug-likeness (QED) is 0.774. The van der Waals surface area contributed by atoms with Gasteiger partial charge in [-0.2, -0.15) is 0 Å². The Kier molecular flexibility index (Phi) is 3.68. The maximum atomic E-state index is 12.5. The van der Waals surface area contributed by atoms with Crippen molar-refractivity contribution >= 4 is 5.82 Å². The number of hydrogen-bond donors (Lipinski definition) is 1. The van der Waals surface area contributed by atoms with Crippen LogP contribution in [0.3, 0.4) is 0 Å². The Hall–Kier alpha value is -1.12. The van der Waals surface area contributed by atoms with Crippen molar-refractivity contribution in [2.45, 2.75) is 20.3 Å². The van der Waals surface area contributed by atoms with Crippen LogP contribution in [0.1, 0.15) is 20.3 Å². The SMILES string of the molecule is CCC(C)CNc1ccc(F)cn1. The lowest BCUT2D eigenvalue weighted by molar-refractivity contribution is 0.591. The normalized spacial score (nSPS) is 12.5. The van der Waals surface area contributed by atoms with Gasteiger partial charge in [-0.25, -0.2) is 9.37 Å². The average Bonchev–Trinajstić information content (AvgIpc) is 2.16. The highest BCUT2D eigenvalue weighted by Gasteiger charge is 1.98. The van der Waals surface area contributed by atoms with Crippen molar-refractivity contribution < 1.29 is 4.39 Å². The second-order valence-corrected chi connectivity index (χ2v) is 3.26. The number of rotatable bonds is 4. The molecule has 13 heavy (non-hydrogen) atoms. The third-order valence-electron chi connectivity index (χ3n) is 2.06. The van der Waals surface area contributed by atoms with E-state index >= 15 is 0 Å². The molecule has 0 saturated heterocycles. The van der Waals surface area contributed by atoms with Crippen molar-refractivity contribution in [3.05, 3.63) is 24.1 Å². The zero-order valence-corrected chi connectivity index (χ0v) is 8.05. The second-order valence-electron chi connectivity index (χ2n) is 3.26. The Morgan fingerprint density at radius 2 is 2.31 bits per heavy atom. The number of hydrogen-bond acceptors (Lipinski definition) is 2. The molecule has 72 valence electrons. The fraction of sp³-hybridized carbons (Fsp3) is 0.500. The molecule has 2 nitrogen and oxygen atoms in total. The molecule has 0 radical (unpaired) electrons. The maximum absolute atomic E-state index is 12.5. The minimum Gasteiger partial charge on any atom is -0.370 e. The molecule has 3 heteroatoms. The van der Waals surface area contributed by atoms with Crippen molar-refractivity contribution in [1.82, 2.24) is 4.98 Å². The predicted octanol–water partition coefficient (Wildman–Crippen LogP) is 2.68.